The molecule has 0 radical (unpaired) electrons. The zero-order valence-electron chi connectivity index (χ0n) is 16.1. The molecule has 3 rings (SSSR count). The Morgan fingerprint density at radius 3 is 2.21 bits per heavy atom. The van der Waals surface area contributed by atoms with E-state index in [1.54, 1.807) is 32.0 Å². The molecule has 2 aliphatic rings. The number of nitrogens with zero attached hydrogens (tertiary/aromatic N) is 1. The number of hydrogen-bond donors (Lipinski definition) is 3. The molecule has 4 atom stereocenters. The molecule has 8 nitrogen and oxygen atoms in total. The minimum absolute atomic E-state index is 0. The first-order chi connectivity index (χ1) is 12.1. The molecule has 0 saturated carbocycles. The van der Waals surface area contributed by atoms with Gasteiger partial charge in [0.1, 0.15) is 17.5 Å². The number of carbonyl (C=O) groups is 4. The van der Waals surface area contributed by atoms with Crippen molar-refractivity contribution in [3.05, 3.63) is 35.9 Å². The summed E-state index contributed by atoms with van der Waals surface area (Å²) in [6, 6.07) is 6.10. The number of carboxylic acids is 2. The summed E-state index contributed by atoms with van der Waals surface area (Å²) in [7, 11) is 0. The molecule has 11 heteroatoms. The monoisotopic (exact) mass is 424 g/mol. The maximum atomic E-state index is 12.5. The van der Waals surface area contributed by atoms with Crippen LogP contribution in [0.1, 0.15) is 25.3 Å². The quantitative estimate of drug-likeness (QED) is 0.245. The van der Waals surface area contributed by atoms with E-state index in [2.05, 4.69) is 5.32 Å². The third-order valence-electron chi connectivity index (χ3n) is 4.61. The van der Waals surface area contributed by atoms with Crippen LogP contribution in [0.25, 0.3) is 0 Å². The van der Waals surface area contributed by atoms with E-state index in [-0.39, 0.29) is 59.1 Å². The summed E-state index contributed by atoms with van der Waals surface area (Å²) in [4.78, 5) is 49.2. The maximum Gasteiger partial charge on any atom is 1.00 e. The minimum atomic E-state index is -1.44. The Bertz CT molecular complexity index is 791. The predicted molar refractivity (Wildman–Crippen MR) is 92.5 cm³/mol. The molecule has 2 heterocycles. The van der Waals surface area contributed by atoms with Gasteiger partial charge in [0.25, 0.3) is 0 Å². The molecule has 0 bridgehead atoms. The van der Waals surface area contributed by atoms with E-state index in [1.807, 2.05) is 0 Å². The van der Waals surface area contributed by atoms with Crippen LogP contribution in [0.4, 0.5) is 0 Å². The van der Waals surface area contributed by atoms with Gasteiger partial charge < -0.3 is 20.4 Å². The van der Waals surface area contributed by atoms with Crippen LogP contribution >= 0.6 is 11.8 Å². The van der Waals surface area contributed by atoms with E-state index in [0.717, 1.165) is 0 Å². The summed E-state index contributed by atoms with van der Waals surface area (Å²) in [5.74, 6) is -5.16. The SMILES string of the molecule is CC1(C)S[C@@H]2[C@H](NC(=O)C(C(=O)O)c3ccccc3)C(=O)N2[C@H]1C(=O)O.[Na+].[Na+]. The van der Waals surface area contributed by atoms with Crippen molar-refractivity contribution < 1.29 is 88.5 Å². The van der Waals surface area contributed by atoms with Crippen LogP contribution in [0.2, 0.25) is 0 Å². The number of rotatable bonds is 5. The number of amides is 2. The van der Waals surface area contributed by atoms with E-state index in [4.69, 9.17) is 0 Å². The molecule has 0 aliphatic carbocycles. The van der Waals surface area contributed by atoms with Gasteiger partial charge in [0.05, 0.1) is 0 Å². The normalized spacial score (nSPS) is 25.3. The Balaban J connectivity index is 0.00000196. The van der Waals surface area contributed by atoms with E-state index in [9.17, 15) is 29.4 Å². The van der Waals surface area contributed by atoms with Gasteiger partial charge in [0, 0.05) is 4.75 Å². The number of fused-ring (bicyclic) bond motifs is 1. The van der Waals surface area contributed by atoms with Crippen molar-refractivity contribution in [1.29, 1.82) is 0 Å². The summed E-state index contributed by atoms with van der Waals surface area (Å²) in [5, 5.41) is 20.8. The average molecular weight is 424 g/mol. The third-order valence-corrected chi connectivity index (χ3v) is 6.19. The first-order valence-electron chi connectivity index (χ1n) is 7.96. The van der Waals surface area contributed by atoms with Crippen LogP contribution in [0.15, 0.2) is 30.3 Å². The zero-order valence-corrected chi connectivity index (χ0v) is 20.9. The molecule has 1 unspecified atom stereocenters. The summed E-state index contributed by atoms with van der Waals surface area (Å²) in [6.07, 6.45) is 0. The summed E-state index contributed by atoms with van der Waals surface area (Å²) in [6.45, 7) is 3.45. The van der Waals surface area contributed by atoms with E-state index >= 15 is 0 Å². The number of hydrogen-bond acceptors (Lipinski definition) is 5. The van der Waals surface area contributed by atoms with Gasteiger partial charge in [-0.1, -0.05) is 30.3 Å². The predicted octanol–water partition coefficient (Wildman–Crippen LogP) is -5.51. The van der Waals surface area contributed by atoms with Crippen molar-refractivity contribution in [3.8, 4) is 0 Å². The largest absolute Gasteiger partial charge is 1.00 e. The Morgan fingerprint density at radius 2 is 1.71 bits per heavy atom. The van der Waals surface area contributed by atoms with E-state index < -0.39 is 51.9 Å². The number of nitrogens with one attached hydrogen (secondary N) is 1. The fourth-order valence-electron chi connectivity index (χ4n) is 3.43. The van der Waals surface area contributed by atoms with Gasteiger partial charge in [0.2, 0.25) is 11.8 Å². The molecule has 3 N–H and O–H groups in total. The Kier molecular flexibility index (Phi) is 8.65. The zero-order chi connectivity index (χ0) is 19.2. The standard InChI is InChI=1S/C17H18N2O6S.2Na/c1-17(2)11(16(24)25)19-13(21)10(14(19)26-17)18-12(20)9(15(22)23)8-6-4-3-5-7-8;;/h3-7,9-11,14H,1-2H3,(H,18,20)(H,22,23)(H,24,25);;/q;2*+1/t9?,10-,11+,14-;;/m1../s1. The van der Waals surface area contributed by atoms with Gasteiger partial charge >= 0.3 is 71.1 Å². The van der Waals surface area contributed by atoms with Crippen LogP contribution in [-0.4, -0.2) is 61.1 Å². The van der Waals surface area contributed by atoms with Crippen molar-refractivity contribution in [1.82, 2.24) is 10.2 Å². The van der Waals surface area contributed by atoms with Gasteiger partial charge in [-0.05, 0) is 19.4 Å². The van der Waals surface area contributed by atoms with Crippen molar-refractivity contribution >= 4 is 35.5 Å². The first kappa shape index (κ1) is 25.5. The number of carbonyl (C=O) groups excluding carboxylic acids is 2. The molecular weight excluding hydrogens is 406 g/mol. The minimum Gasteiger partial charge on any atom is -0.480 e. The first-order valence-corrected chi connectivity index (χ1v) is 8.84. The number of benzene rings is 1. The Hall–Kier alpha value is -0.550. The van der Waals surface area contributed by atoms with Crippen molar-refractivity contribution in [2.45, 2.75) is 42.0 Å². The fourth-order valence-corrected chi connectivity index (χ4v) is 5.06. The summed E-state index contributed by atoms with van der Waals surface area (Å²) < 4.78 is -0.711. The van der Waals surface area contributed by atoms with Gasteiger partial charge in [0.15, 0.2) is 5.92 Å². The van der Waals surface area contributed by atoms with Crippen LogP contribution in [0, 0.1) is 0 Å². The maximum absolute atomic E-state index is 12.5. The van der Waals surface area contributed by atoms with Crippen LogP contribution in [0.3, 0.4) is 0 Å². The molecule has 2 fully saturated rings. The second-order valence-electron chi connectivity index (χ2n) is 6.77. The molecular formula is C17H18N2Na2O6S+2. The van der Waals surface area contributed by atoms with Gasteiger partial charge in [-0.15, -0.1) is 11.8 Å². The molecule has 2 saturated heterocycles. The summed E-state index contributed by atoms with van der Waals surface area (Å²) >= 11 is 1.29. The molecule has 138 valence electrons. The van der Waals surface area contributed by atoms with Crippen LogP contribution < -0.4 is 64.4 Å². The molecule has 2 amide bonds. The molecule has 28 heavy (non-hydrogen) atoms. The Morgan fingerprint density at radius 1 is 1.14 bits per heavy atom. The molecule has 0 aromatic heterocycles. The van der Waals surface area contributed by atoms with Crippen molar-refractivity contribution in [2.24, 2.45) is 0 Å². The van der Waals surface area contributed by atoms with E-state index in [1.165, 1.54) is 28.8 Å². The molecule has 2 aliphatic heterocycles. The topological polar surface area (TPSA) is 124 Å². The van der Waals surface area contributed by atoms with Gasteiger partial charge in [-0.25, -0.2) is 4.79 Å². The van der Waals surface area contributed by atoms with Crippen molar-refractivity contribution in [3.63, 3.8) is 0 Å². The molecule has 0 spiro atoms. The number of carboxylic acid groups (broad SMARTS) is 2. The summed E-state index contributed by atoms with van der Waals surface area (Å²) in [5.41, 5.74) is 0.309. The smallest absolute Gasteiger partial charge is 0.480 e. The van der Waals surface area contributed by atoms with E-state index in [0.29, 0.717) is 5.56 Å². The van der Waals surface area contributed by atoms with Crippen LogP contribution in [0.5, 0.6) is 0 Å². The third kappa shape index (κ3) is 4.45. The number of aliphatic carboxylic acids is 2. The van der Waals surface area contributed by atoms with Gasteiger partial charge in [-0.2, -0.15) is 0 Å². The molecule has 1 aromatic rings. The molecule has 1 aromatic carbocycles. The second kappa shape index (κ2) is 9.51. The van der Waals surface area contributed by atoms with Crippen molar-refractivity contribution in [2.75, 3.05) is 0 Å². The number of thioether (sulfide) groups is 1. The average Bonchev–Trinajstić information content (AvgIpc) is 2.82. The number of β-lactam (4-membered cyclic amide) rings is 1. The van der Waals surface area contributed by atoms with Gasteiger partial charge in [-0.3, -0.25) is 14.4 Å². The Labute approximate surface area is 210 Å². The van der Waals surface area contributed by atoms with Crippen LogP contribution in [-0.2, 0) is 19.2 Å². The fraction of sp³-hybridized carbons (Fsp3) is 0.412. The second-order valence-corrected chi connectivity index (χ2v) is 8.54.